The van der Waals surface area contributed by atoms with Crippen molar-refractivity contribution in [2.45, 2.75) is 18.2 Å². The summed E-state index contributed by atoms with van der Waals surface area (Å²) >= 11 is 1.72. The van der Waals surface area contributed by atoms with Gasteiger partial charge in [0.1, 0.15) is 0 Å². The molecule has 0 aliphatic rings. The summed E-state index contributed by atoms with van der Waals surface area (Å²) in [6.07, 6.45) is 6.11. The minimum absolute atomic E-state index is 0.275. The Kier molecular flexibility index (Phi) is 5.72. The molecule has 0 aliphatic heterocycles. The van der Waals surface area contributed by atoms with Crippen LogP contribution >= 0.6 is 11.8 Å². The van der Waals surface area contributed by atoms with E-state index in [1.807, 2.05) is 6.08 Å². The molecular formula is C13H16O2S. The van der Waals surface area contributed by atoms with Crippen LogP contribution in [-0.4, -0.2) is 18.8 Å². The van der Waals surface area contributed by atoms with E-state index < -0.39 is 0 Å². The number of benzene rings is 1. The van der Waals surface area contributed by atoms with E-state index in [1.165, 1.54) is 16.5 Å². The molecule has 0 bridgehead atoms. The minimum atomic E-state index is -0.275. The van der Waals surface area contributed by atoms with E-state index in [9.17, 15) is 4.79 Å². The van der Waals surface area contributed by atoms with Gasteiger partial charge in [-0.2, -0.15) is 0 Å². The van der Waals surface area contributed by atoms with E-state index in [0.29, 0.717) is 6.61 Å². The third-order valence-electron chi connectivity index (χ3n) is 2.05. The molecule has 0 N–H and O–H groups in total. The minimum Gasteiger partial charge on any atom is -0.463 e. The molecule has 16 heavy (non-hydrogen) atoms. The van der Waals surface area contributed by atoms with Crippen LogP contribution in [0, 0.1) is 0 Å². The molecule has 3 heteroatoms. The smallest absolute Gasteiger partial charge is 0.330 e. The lowest BCUT2D eigenvalue weighted by Gasteiger charge is -1.99. The van der Waals surface area contributed by atoms with Crippen molar-refractivity contribution in [3.8, 4) is 0 Å². The van der Waals surface area contributed by atoms with Gasteiger partial charge >= 0.3 is 5.97 Å². The third-order valence-corrected chi connectivity index (χ3v) is 2.80. The summed E-state index contributed by atoms with van der Waals surface area (Å²) in [5, 5.41) is 0. The molecule has 0 aliphatic carbocycles. The summed E-state index contributed by atoms with van der Waals surface area (Å²) in [5.41, 5.74) is 1.19. The monoisotopic (exact) mass is 236 g/mol. The molecule has 0 fully saturated rings. The number of hydrogen-bond donors (Lipinski definition) is 0. The van der Waals surface area contributed by atoms with E-state index in [1.54, 1.807) is 18.7 Å². The van der Waals surface area contributed by atoms with Gasteiger partial charge < -0.3 is 4.74 Å². The van der Waals surface area contributed by atoms with Gasteiger partial charge in [0.15, 0.2) is 0 Å². The highest BCUT2D eigenvalue weighted by molar-refractivity contribution is 7.98. The molecule has 0 amide bonds. The average molecular weight is 236 g/mol. The van der Waals surface area contributed by atoms with Crippen molar-refractivity contribution in [2.24, 2.45) is 0 Å². The normalized spacial score (nSPS) is 10.6. The molecular weight excluding hydrogens is 220 g/mol. The molecule has 0 heterocycles. The van der Waals surface area contributed by atoms with Gasteiger partial charge in [0.05, 0.1) is 6.61 Å². The Morgan fingerprint density at radius 1 is 1.38 bits per heavy atom. The van der Waals surface area contributed by atoms with Gasteiger partial charge in [-0.25, -0.2) is 4.79 Å². The molecule has 0 saturated heterocycles. The summed E-state index contributed by atoms with van der Waals surface area (Å²) in [7, 11) is 0. The average Bonchev–Trinajstić information content (AvgIpc) is 2.30. The molecule has 1 aromatic rings. The first kappa shape index (κ1) is 12.8. The summed E-state index contributed by atoms with van der Waals surface area (Å²) in [6.45, 7) is 2.22. The summed E-state index contributed by atoms with van der Waals surface area (Å²) < 4.78 is 4.79. The van der Waals surface area contributed by atoms with Crippen molar-refractivity contribution in [3.05, 3.63) is 42.0 Å². The fraction of sp³-hybridized carbons (Fsp3) is 0.308. The zero-order valence-corrected chi connectivity index (χ0v) is 10.4. The number of carbonyl (C=O) groups excluding carboxylic acids is 1. The Bertz CT molecular complexity index is 355. The van der Waals surface area contributed by atoms with Gasteiger partial charge in [-0.1, -0.05) is 18.2 Å². The molecule has 0 radical (unpaired) electrons. The van der Waals surface area contributed by atoms with Crippen LogP contribution in [0.4, 0.5) is 0 Å². The number of hydrogen-bond acceptors (Lipinski definition) is 3. The fourth-order valence-corrected chi connectivity index (χ4v) is 1.65. The van der Waals surface area contributed by atoms with Crippen molar-refractivity contribution in [2.75, 3.05) is 12.9 Å². The van der Waals surface area contributed by atoms with Gasteiger partial charge in [0.25, 0.3) is 0 Å². The van der Waals surface area contributed by atoms with Crippen LogP contribution < -0.4 is 0 Å². The molecule has 0 unspecified atom stereocenters. The third kappa shape index (κ3) is 4.53. The van der Waals surface area contributed by atoms with Crippen LogP contribution in [0.15, 0.2) is 41.3 Å². The Morgan fingerprint density at radius 3 is 2.62 bits per heavy atom. The van der Waals surface area contributed by atoms with Crippen LogP contribution in [0.2, 0.25) is 0 Å². The Labute approximate surface area is 101 Å². The van der Waals surface area contributed by atoms with Crippen molar-refractivity contribution in [1.82, 2.24) is 0 Å². The van der Waals surface area contributed by atoms with Crippen molar-refractivity contribution in [3.63, 3.8) is 0 Å². The van der Waals surface area contributed by atoms with Crippen molar-refractivity contribution in [1.29, 1.82) is 0 Å². The number of allylic oxidation sites excluding steroid dienone is 1. The maximum absolute atomic E-state index is 11.0. The SMILES string of the molecule is CCOC(=O)/C=C/Cc1ccc(SC)cc1. The van der Waals surface area contributed by atoms with Gasteiger partial charge in [0, 0.05) is 11.0 Å². The maximum atomic E-state index is 11.0. The van der Waals surface area contributed by atoms with Crippen LogP contribution in [0.5, 0.6) is 0 Å². The van der Waals surface area contributed by atoms with E-state index in [4.69, 9.17) is 4.74 Å². The highest BCUT2D eigenvalue weighted by atomic mass is 32.2. The molecule has 0 atom stereocenters. The zero-order chi connectivity index (χ0) is 11.8. The second-order valence-corrected chi connectivity index (χ2v) is 4.09. The molecule has 0 spiro atoms. The quantitative estimate of drug-likeness (QED) is 0.446. The second kappa shape index (κ2) is 7.12. The van der Waals surface area contributed by atoms with Crippen LogP contribution in [0.3, 0.4) is 0 Å². The van der Waals surface area contributed by atoms with E-state index >= 15 is 0 Å². The highest BCUT2D eigenvalue weighted by Gasteiger charge is 1.94. The van der Waals surface area contributed by atoms with E-state index in [-0.39, 0.29) is 5.97 Å². The summed E-state index contributed by atoms with van der Waals surface area (Å²) in [6, 6.07) is 8.30. The van der Waals surface area contributed by atoms with E-state index in [2.05, 4.69) is 30.5 Å². The predicted octanol–water partition coefficient (Wildman–Crippen LogP) is 3.07. The molecule has 1 rings (SSSR count). The largest absolute Gasteiger partial charge is 0.463 e. The number of thioether (sulfide) groups is 1. The summed E-state index contributed by atoms with van der Waals surface area (Å²) in [4.78, 5) is 12.3. The van der Waals surface area contributed by atoms with Crippen LogP contribution in [0.25, 0.3) is 0 Å². The lowest BCUT2D eigenvalue weighted by atomic mass is 10.1. The fourth-order valence-electron chi connectivity index (χ4n) is 1.24. The molecule has 86 valence electrons. The predicted molar refractivity (Wildman–Crippen MR) is 67.7 cm³/mol. The highest BCUT2D eigenvalue weighted by Crippen LogP contribution is 2.15. The van der Waals surface area contributed by atoms with Crippen LogP contribution in [-0.2, 0) is 16.0 Å². The van der Waals surface area contributed by atoms with Gasteiger partial charge in [0.2, 0.25) is 0 Å². The van der Waals surface area contributed by atoms with Crippen LogP contribution in [0.1, 0.15) is 12.5 Å². The molecule has 0 saturated carbocycles. The number of rotatable bonds is 5. The Hall–Kier alpha value is -1.22. The first-order valence-electron chi connectivity index (χ1n) is 5.22. The first-order valence-corrected chi connectivity index (χ1v) is 6.45. The van der Waals surface area contributed by atoms with Crippen molar-refractivity contribution >= 4 is 17.7 Å². The topological polar surface area (TPSA) is 26.3 Å². The number of ether oxygens (including phenoxy) is 1. The van der Waals surface area contributed by atoms with Crippen molar-refractivity contribution < 1.29 is 9.53 Å². The first-order chi connectivity index (χ1) is 7.76. The lowest BCUT2D eigenvalue weighted by Crippen LogP contribution is -1.99. The Morgan fingerprint density at radius 2 is 2.06 bits per heavy atom. The zero-order valence-electron chi connectivity index (χ0n) is 9.60. The van der Waals surface area contributed by atoms with Gasteiger partial charge in [-0.05, 0) is 37.3 Å². The Balaban J connectivity index is 2.45. The van der Waals surface area contributed by atoms with Gasteiger partial charge in [-0.15, -0.1) is 11.8 Å². The summed E-state index contributed by atoms with van der Waals surface area (Å²) in [5.74, 6) is -0.275. The number of esters is 1. The molecule has 2 nitrogen and oxygen atoms in total. The lowest BCUT2D eigenvalue weighted by molar-refractivity contribution is -0.137. The van der Waals surface area contributed by atoms with E-state index in [0.717, 1.165) is 6.42 Å². The molecule has 1 aromatic carbocycles. The maximum Gasteiger partial charge on any atom is 0.330 e. The second-order valence-electron chi connectivity index (χ2n) is 3.21. The molecule has 0 aromatic heterocycles. The number of carbonyl (C=O) groups is 1. The van der Waals surface area contributed by atoms with Gasteiger partial charge in [-0.3, -0.25) is 0 Å². The standard InChI is InChI=1S/C13H16O2S/c1-3-15-13(14)6-4-5-11-7-9-12(16-2)10-8-11/h4,6-10H,3,5H2,1-2H3/b6-4+.